The SMILES string of the molecule is Oc1ccc([Te](I)(I)c2ccc(O)c(-c3ccccc3)c2)cc1-c1ccccc1. The second-order valence-electron chi connectivity index (χ2n) is 6.56. The molecule has 0 radical (unpaired) electrons. The van der Waals surface area contributed by atoms with Crippen LogP contribution in [0.4, 0.5) is 0 Å². The Hall–Kier alpha value is -1.27. The fourth-order valence-corrected chi connectivity index (χ4v) is 14.2. The first-order valence-corrected chi connectivity index (χ1v) is 24.9. The van der Waals surface area contributed by atoms with Gasteiger partial charge in [-0.15, -0.1) is 0 Å². The van der Waals surface area contributed by atoms with Gasteiger partial charge in [-0.2, -0.15) is 0 Å². The normalized spacial score (nSPS) is 11.9. The van der Waals surface area contributed by atoms with Crippen LogP contribution in [-0.2, 0) is 0 Å². The van der Waals surface area contributed by atoms with Crippen molar-refractivity contribution in [2.45, 2.75) is 0 Å². The van der Waals surface area contributed by atoms with Crippen molar-refractivity contribution < 1.29 is 10.2 Å². The second kappa shape index (κ2) is 8.84. The Morgan fingerprint density at radius 3 is 1.28 bits per heavy atom. The number of halogens is 2. The molecule has 0 saturated carbocycles. The summed E-state index contributed by atoms with van der Waals surface area (Å²) < 4.78 is 2.52. The Morgan fingerprint density at radius 2 is 0.897 bits per heavy atom. The molecular weight excluding hydrogens is 702 g/mol. The summed E-state index contributed by atoms with van der Waals surface area (Å²) in [4.78, 5) is 0. The number of hydrogen-bond acceptors (Lipinski definition) is 2. The van der Waals surface area contributed by atoms with Crippen LogP contribution >= 0.6 is 37.4 Å². The van der Waals surface area contributed by atoms with E-state index in [1.165, 1.54) is 7.22 Å². The van der Waals surface area contributed by atoms with Gasteiger partial charge in [0.05, 0.1) is 0 Å². The van der Waals surface area contributed by atoms with E-state index < -0.39 is 10.3 Å². The van der Waals surface area contributed by atoms with E-state index in [-0.39, 0.29) is 0 Å². The van der Waals surface area contributed by atoms with Gasteiger partial charge in [0.1, 0.15) is 0 Å². The predicted molar refractivity (Wildman–Crippen MR) is 140 cm³/mol. The zero-order valence-electron chi connectivity index (χ0n) is 15.3. The van der Waals surface area contributed by atoms with Crippen molar-refractivity contribution in [1.29, 1.82) is 0 Å². The zero-order valence-corrected chi connectivity index (χ0v) is 21.9. The summed E-state index contributed by atoms with van der Waals surface area (Å²) in [6.07, 6.45) is 0. The van der Waals surface area contributed by atoms with Crippen LogP contribution in [0.1, 0.15) is 0 Å². The van der Waals surface area contributed by atoms with Crippen molar-refractivity contribution in [2.24, 2.45) is 0 Å². The Bertz CT molecular complexity index is 1060. The first-order valence-electron chi connectivity index (χ1n) is 8.96. The number of aromatic hydroxyl groups is 2. The third kappa shape index (κ3) is 4.43. The van der Waals surface area contributed by atoms with Gasteiger partial charge in [-0.3, -0.25) is 0 Å². The average molecular weight is 720 g/mol. The molecule has 0 amide bonds. The molecule has 4 aromatic rings. The van der Waals surface area contributed by atoms with E-state index in [9.17, 15) is 10.2 Å². The van der Waals surface area contributed by atoms with Crippen molar-refractivity contribution >= 4 is 54.9 Å². The monoisotopic (exact) mass is 722 g/mol. The number of phenols is 2. The number of benzene rings is 4. The Morgan fingerprint density at radius 1 is 0.517 bits per heavy atom. The molecule has 0 bridgehead atoms. The maximum atomic E-state index is 10.4. The summed E-state index contributed by atoms with van der Waals surface area (Å²) in [5, 5.41) is 20.9. The third-order valence-corrected chi connectivity index (χ3v) is 23.2. The maximum absolute atomic E-state index is 10.4. The van der Waals surface area contributed by atoms with E-state index in [0.29, 0.717) is 11.5 Å². The minimum absolute atomic E-state index is 0.294. The molecule has 0 fully saturated rings. The van der Waals surface area contributed by atoms with E-state index in [1.807, 2.05) is 72.8 Å². The van der Waals surface area contributed by atoms with Crippen LogP contribution < -0.4 is 7.22 Å². The number of hydrogen-bond donors (Lipinski definition) is 2. The van der Waals surface area contributed by atoms with Crippen LogP contribution in [0.25, 0.3) is 22.3 Å². The van der Waals surface area contributed by atoms with Crippen molar-refractivity contribution in [3.8, 4) is 33.8 Å². The van der Waals surface area contributed by atoms with Gasteiger partial charge in [0.25, 0.3) is 0 Å². The molecule has 2 nitrogen and oxygen atoms in total. The molecule has 0 heterocycles. The summed E-state index contributed by atoms with van der Waals surface area (Å²) in [7, 11) is -2.75. The van der Waals surface area contributed by atoms with Crippen LogP contribution in [0.15, 0.2) is 97.1 Å². The Labute approximate surface area is 193 Å². The van der Waals surface area contributed by atoms with Crippen LogP contribution in [0.2, 0.25) is 0 Å². The summed E-state index contributed by atoms with van der Waals surface area (Å²) in [5.41, 5.74) is 3.73. The van der Waals surface area contributed by atoms with Crippen molar-refractivity contribution in [3.05, 3.63) is 97.1 Å². The molecule has 0 aliphatic rings. The fraction of sp³-hybridized carbons (Fsp3) is 0. The molecule has 146 valence electrons. The quantitative estimate of drug-likeness (QED) is 0.205. The summed E-state index contributed by atoms with van der Waals surface area (Å²) in [6.45, 7) is 0. The Kier molecular flexibility index (Phi) is 6.40. The molecule has 0 atom stereocenters. The fourth-order valence-electron chi connectivity index (χ4n) is 3.18. The van der Waals surface area contributed by atoms with Crippen LogP contribution in [-0.4, -0.2) is 20.5 Å². The molecule has 0 aliphatic carbocycles. The predicted octanol–water partition coefficient (Wildman–Crippen LogP) is 5.86. The third-order valence-electron chi connectivity index (χ3n) is 4.70. The first-order chi connectivity index (χ1) is 14.0. The standard InChI is InChI=1S/C24H18I2O2Te/c25-29(26,19-11-13-23(27)21(15-19)17-7-3-1-4-8-17)20-12-14-24(28)22(16-20)18-9-5-2-6-10-18/h1-16,27-28H. The van der Waals surface area contributed by atoms with Gasteiger partial charge in [0, 0.05) is 0 Å². The van der Waals surface area contributed by atoms with Gasteiger partial charge in [-0.25, -0.2) is 0 Å². The zero-order chi connectivity index (χ0) is 20.4. The Balaban J connectivity index is 1.80. The van der Waals surface area contributed by atoms with E-state index >= 15 is 0 Å². The molecule has 2 N–H and O–H groups in total. The number of phenolic OH excluding ortho intramolecular Hbond substituents is 2. The van der Waals surface area contributed by atoms with E-state index in [2.05, 4.69) is 49.5 Å². The molecule has 5 heteroatoms. The second-order valence-corrected chi connectivity index (χ2v) is 41.0. The van der Waals surface area contributed by atoms with Gasteiger partial charge in [0.15, 0.2) is 0 Å². The van der Waals surface area contributed by atoms with Gasteiger partial charge >= 0.3 is 196 Å². The van der Waals surface area contributed by atoms with E-state index in [0.717, 1.165) is 22.3 Å². The molecule has 4 aromatic carbocycles. The van der Waals surface area contributed by atoms with Crippen molar-refractivity contribution in [2.75, 3.05) is 0 Å². The van der Waals surface area contributed by atoms with E-state index in [1.54, 1.807) is 12.1 Å². The van der Waals surface area contributed by atoms with Crippen LogP contribution in [0.5, 0.6) is 11.5 Å². The molecule has 29 heavy (non-hydrogen) atoms. The summed E-state index contributed by atoms with van der Waals surface area (Å²) >= 11 is 5.23. The van der Waals surface area contributed by atoms with Gasteiger partial charge in [0.2, 0.25) is 0 Å². The van der Waals surface area contributed by atoms with Gasteiger partial charge in [-0.1, -0.05) is 0 Å². The van der Waals surface area contributed by atoms with Crippen LogP contribution in [0.3, 0.4) is 0 Å². The van der Waals surface area contributed by atoms with Crippen molar-refractivity contribution in [3.63, 3.8) is 0 Å². The summed E-state index contributed by atoms with van der Waals surface area (Å²) in [5.74, 6) is 0.587. The van der Waals surface area contributed by atoms with E-state index in [4.69, 9.17) is 0 Å². The van der Waals surface area contributed by atoms with Gasteiger partial charge < -0.3 is 0 Å². The number of rotatable bonds is 4. The van der Waals surface area contributed by atoms with Crippen LogP contribution in [0, 0.1) is 0 Å². The molecule has 0 aromatic heterocycles. The molecule has 0 spiro atoms. The van der Waals surface area contributed by atoms with Gasteiger partial charge in [-0.05, 0) is 0 Å². The first kappa shape index (κ1) is 21.0. The molecule has 0 aliphatic heterocycles. The minimum atomic E-state index is -2.75. The summed E-state index contributed by atoms with van der Waals surface area (Å²) in [6, 6.07) is 31.9. The molecular formula is C24H18I2O2Te. The molecule has 0 unspecified atom stereocenters. The van der Waals surface area contributed by atoms with Crippen molar-refractivity contribution in [1.82, 2.24) is 0 Å². The topological polar surface area (TPSA) is 40.5 Å². The average Bonchev–Trinajstić information content (AvgIpc) is 2.75. The molecule has 4 rings (SSSR count). The molecule has 0 saturated heterocycles.